The number of nitrogens with two attached hydrogens (primary N) is 1. The van der Waals surface area contributed by atoms with E-state index in [9.17, 15) is 14.4 Å². The first kappa shape index (κ1) is 41.7. The summed E-state index contributed by atoms with van der Waals surface area (Å²) < 4.78 is 9.90. The van der Waals surface area contributed by atoms with Crippen molar-refractivity contribution in [1.29, 1.82) is 0 Å². The van der Waals surface area contributed by atoms with E-state index in [4.69, 9.17) is 15.2 Å². The second-order valence-corrected chi connectivity index (χ2v) is 13.4. The number of nitrogen functional groups attached to an aromatic ring is 1. The molecule has 7 aromatic rings. The maximum absolute atomic E-state index is 12.3. The zero-order chi connectivity index (χ0) is 42.1. The summed E-state index contributed by atoms with van der Waals surface area (Å²) in [4.78, 5) is 54.0. The fourth-order valence-electron chi connectivity index (χ4n) is 6.09. The molecule has 13 heteroatoms. The van der Waals surface area contributed by atoms with Gasteiger partial charge in [0.2, 0.25) is 0 Å². The Labute approximate surface area is 348 Å². The Hall–Kier alpha value is -7.93. The van der Waals surface area contributed by atoms with Crippen LogP contribution in [0, 0.1) is 0 Å². The van der Waals surface area contributed by atoms with E-state index in [1.54, 1.807) is 24.3 Å². The quantitative estimate of drug-likeness (QED) is 0.0628. The molecule has 2 aromatic heterocycles. The maximum Gasteiger partial charge on any atom is 0.328 e. The van der Waals surface area contributed by atoms with Gasteiger partial charge < -0.3 is 31.2 Å². The minimum atomic E-state index is -0.592. The lowest BCUT2D eigenvalue weighted by molar-refractivity contribution is -0.142. The number of aromatic nitrogens is 4. The van der Waals surface area contributed by atoms with Gasteiger partial charge in [-0.15, -0.1) is 0 Å². The Bertz CT molecular complexity index is 2460. The third-order valence-corrected chi connectivity index (χ3v) is 9.20. The fourth-order valence-corrected chi connectivity index (χ4v) is 6.09. The van der Waals surface area contributed by atoms with Gasteiger partial charge in [0, 0.05) is 53.0 Å². The molecule has 2 heterocycles. The summed E-state index contributed by atoms with van der Waals surface area (Å²) in [6.07, 6.45) is 3.86. The summed E-state index contributed by atoms with van der Waals surface area (Å²) in [5.74, 6) is 0.175. The van der Waals surface area contributed by atoms with Crippen LogP contribution in [0.4, 0.5) is 23.0 Å². The fraction of sp³-hybridized carbons (Fsp3) is 0.128. The van der Waals surface area contributed by atoms with Crippen LogP contribution in [-0.2, 0) is 31.9 Å². The van der Waals surface area contributed by atoms with Crippen LogP contribution in [0.1, 0.15) is 21.5 Å². The van der Waals surface area contributed by atoms with E-state index < -0.39 is 12.1 Å². The van der Waals surface area contributed by atoms with E-state index in [1.165, 1.54) is 26.9 Å². The van der Waals surface area contributed by atoms with Gasteiger partial charge in [-0.3, -0.25) is 4.79 Å². The summed E-state index contributed by atoms with van der Waals surface area (Å²) >= 11 is 0. The highest BCUT2D eigenvalue weighted by atomic mass is 16.5. The topological polar surface area (TPSA) is 183 Å². The number of amides is 1. The molecule has 7 rings (SSSR count). The van der Waals surface area contributed by atoms with Gasteiger partial charge in [-0.1, -0.05) is 103 Å². The molecule has 60 heavy (non-hydrogen) atoms. The van der Waals surface area contributed by atoms with E-state index >= 15 is 0 Å². The van der Waals surface area contributed by atoms with Crippen molar-refractivity contribution in [2.45, 2.75) is 24.9 Å². The number of methoxy groups -OCH3 is 2. The van der Waals surface area contributed by atoms with Crippen LogP contribution in [0.25, 0.3) is 22.5 Å². The van der Waals surface area contributed by atoms with E-state index in [0.717, 1.165) is 27.9 Å². The van der Waals surface area contributed by atoms with Gasteiger partial charge in [-0.25, -0.2) is 29.5 Å². The third-order valence-electron chi connectivity index (χ3n) is 9.20. The highest BCUT2D eigenvalue weighted by Crippen LogP contribution is 2.23. The van der Waals surface area contributed by atoms with Crippen molar-refractivity contribution in [3.63, 3.8) is 0 Å². The minimum Gasteiger partial charge on any atom is -0.467 e. The number of hydrogen-bond donors (Lipinski definition) is 4. The van der Waals surface area contributed by atoms with Crippen LogP contribution in [0.5, 0.6) is 0 Å². The molecule has 13 nitrogen and oxygen atoms in total. The molecule has 2 unspecified atom stereocenters. The van der Waals surface area contributed by atoms with Crippen LogP contribution in [0.3, 0.4) is 0 Å². The molecule has 302 valence electrons. The van der Waals surface area contributed by atoms with Gasteiger partial charge in [0.05, 0.1) is 25.6 Å². The molecule has 5 aromatic carbocycles. The maximum atomic E-state index is 12.3. The summed E-state index contributed by atoms with van der Waals surface area (Å²) in [6, 6.07) is 45.7. The van der Waals surface area contributed by atoms with Crippen molar-refractivity contribution in [2.24, 2.45) is 0 Å². The SMILES string of the molecule is COC(=O)C(Cc1ccccc1)Nc1cc(-c2ccc(N)cc2)ncn1.COC(=O)C(Cc1ccccc1)Nc1cc(-c2ccc(NC(=O)c3ccccc3)cc2)ncn1. The first-order valence-electron chi connectivity index (χ1n) is 19.0. The van der Waals surface area contributed by atoms with Gasteiger partial charge in [0.15, 0.2) is 0 Å². The molecule has 0 fully saturated rings. The number of carbonyl (C=O) groups excluding carboxylic acids is 3. The van der Waals surface area contributed by atoms with Crippen molar-refractivity contribution in [2.75, 3.05) is 35.9 Å². The second kappa shape index (κ2) is 21.0. The van der Waals surface area contributed by atoms with E-state index in [2.05, 4.69) is 35.9 Å². The molecule has 0 saturated heterocycles. The summed E-state index contributed by atoms with van der Waals surface area (Å²) in [5.41, 5.74) is 12.9. The highest BCUT2D eigenvalue weighted by molar-refractivity contribution is 6.04. The number of esters is 2. The Morgan fingerprint density at radius 2 is 0.967 bits per heavy atom. The van der Waals surface area contributed by atoms with Crippen molar-refractivity contribution < 1.29 is 23.9 Å². The van der Waals surface area contributed by atoms with Crippen molar-refractivity contribution in [3.8, 4) is 22.5 Å². The molecule has 2 atom stereocenters. The molecule has 5 N–H and O–H groups in total. The summed E-state index contributed by atoms with van der Waals surface area (Å²) in [5, 5.41) is 9.19. The Balaban J connectivity index is 0.000000209. The number of anilines is 4. The highest BCUT2D eigenvalue weighted by Gasteiger charge is 2.22. The zero-order valence-electron chi connectivity index (χ0n) is 33.1. The minimum absolute atomic E-state index is 0.172. The average Bonchev–Trinajstić information content (AvgIpc) is 3.30. The largest absolute Gasteiger partial charge is 0.467 e. The molecule has 1 amide bonds. The summed E-state index contributed by atoms with van der Waals surface area (Å²) in [7, 11) is 2.74. The molecular weight excluding hydrogens is 757 g/mol. The first-order valence-corrected chi connectivity index (χ1v) is 19.0. The van der Waals surface area contributed by atoms with Gasteiger partial charge in [-0.2, -0.15) is 0 Å². The Kier molecular flexibility index (Phi) is 14.6. The predicted molar refractivity (Wildman–Crippen MR) is 233 cm³/mol. The van der Waals surface area contributed by atoms with E-state index in [-0.39, 0.29) is 17.8 Å². The zero-order valence-corrected chi connectivity index (χ0v) is 33.1. The third kappa shape index (κ3) is 12.0. The number of benzene rings is 5. The molecule has 0 saturated carbocycles. The number of carbonyl (C=O) groups is 3. The monoisotopic (exact) mass is 800 g/mol. The lowest BCUT2D eigenvalue weighted by atomic mass is 10.1. The molecular formula is C47H44N8O5. The molecule has 0 aliphatic rings. The van der Waals surface area contributed by atoms with Crippen molar-refractivity contribution in [3.05, 3.63) is 181 Å². The van der Waals surface area contributed by atoms with Gasteiger partial charge in [0.1, 0.15) is 36.4 Å². The Morgan fingerprint density at radius 3 is 1.40 bits per heavy atom. The first-order chi connectivity index (χ1) is 29.3. The molecule has 0 aliphatic carbocycles. The van der Waals surface area contributed by atoms with Crippen molar-refractivity contribution in [1.82, 2.24) is 19.9 Å². The number of nitrogens with one attached hydrogen (secondary N) is 3. The van der Waals surface area contributed by atoms with Crippen LogP contribution in [0.2, 0.25) is 0 Å². The number of nitrogens with zero attached hydrogens (tertiary/aromatic N) is 4. The van der Waals surface area contributed by atoms with Crippen molar-refractivity contribution >= 4 is 40.9 Å². The Morgan fingerprint density at radius 1 is 0.550 bits per heavy atom. The van der Waals surface area contributed by atoms with Crippen LogP contribution >= 0.6 is 0 Å². The van der Waals surface area contributed by atoms with E-state index in [1.807, 2.05) is 127 Å². The molecule has 0 aliphatic heterocycles. The molecule has 0 bridgehead atoms. The molecule has 0 spiro atoms. The average molecular weight is 801 g/mol. The van der Waals surface area contributed by atoms with Crippen LogP contribution < -0.4 is 21.7 Å². The lowest BCUT2D eigenvalue weighted by Crippen LogP contribution is -2.33. The van der Waals surface area contributed by atoms with E-state index in [0.29, 0.717) is 47.1 Å². The summed E-state index contributed by atoms with van der Waals surface area (Å²) in [6.45, 7) is 0. The normalized spacial score (nSPS) is 11.4. The predicted octanol–water partition coefficient (Wildman–Crippen LogP) is 7.51. The standard InChI is InChI=1S/C27H24N4O3.C20H20N4O2/c1-34-27(33)24(16-19-8-4-2-5-9-19)31-25-17-23(28-18-29-25)20-12-14-22(15-13-20)30-26(32)21-10-6-3-7-11-21;1-26-20(25)18(11-14-5-3-2-4-6-14)24-19-12-17(22-13-23-19)15-7-9-16(21)10-8-15/h2-15,17-18,24H,16H2,1H3,(H,30,32)(H,28,29,31);2-10,12-13,18H,11,21H2,1H3,(H,22,23,24). The smallest absolute Gasteiger partial charge is 0.328 e. The van der Waals surface area contributed by atoms with Crippen LogP contribution in [-0.4, -0.2) is 64.1 Å². The number of ether oxygens (including phenoxy) is 2. The van der Waals surface area contributed by atoms with Crippen LogP contribution in [0.15, 0.2) is 164 Å². The number of hydrogen-bond acceptors (Lipinski definition) is 12. The number of rotatable bonds is 14. The second-order valence-electron chi connectivity index (χ2n) is 13.4. The van der Waals surface area contributed by atoms with Gasteiger partial charge >= 0.3 is 11.9 Å². The lowest BCUT2D eigenvalue weighted by Gasteiger charge is -2.17. The molecule has 0 radical (unpaired) electrons. The van der Waals surface area contributed by atoms with Gasteiger partial charge in [0.25, 0.3) is 5.91 Å². The van der Waals surface area contributed by atoms with Gasteiger partial charge in [-0.05, 0) is 47.5 Å².